The highest BCUT2D eigenvalue weighted by molar-refractivity contribution is 5.91. The van der Waals surface area contributed by atoms with Crippen molar-refractivity contribution < 1.29 is 4.79 Å². The van der Waals surface area contributed by atoms with Gasteiger partial charge in [0.25, 0.3) is 5.91 Å². The van der Waals surface area contributed by atoms with Crippen LogP contribution in [0.15, 0.2) is 30.3 Å². The molecule has 5 rings (SSSR count). The number of H-pyrrole nitrogens is 1. The third-order valence-electron chi connectivity index (χ3n) is 5.60. The summed E-state index contributed by atoms with van der Waals surface area (Å²) in [6.45, 7) is 2.19. The molecule has 1 amide bonds. The highest BCUT2D eigenvalue weighted by atomic mass is 16.2. The molecular formula is C20H22N6O. The van der Waals surface area contributed by atoms with Crippen LogP contribution < -0.4 is 0 Å². The maximum Gasteiger partial charge on any atom is 0.291 e. The predicted molar refractivity (Wildman–Crippen MR) is 100 cm³/mol. The molecule has 2 aromatic heterocycles. The molecule has 0 atom stereocenters. The number of hydrogen-bond donors (Lipinski definition) is 1. The first-order valence-corrected chi connectivity index (χ1v) is 9.64. The van der Waals surface area contributed by atoms with Gasteiger partial charge >= 0.3 is 0 Å². The molecule has 0 saturated heterocycles. The fourth-order valence-corrected chi connectivity index (χ4v) is 4.13. The highest BCUT2D eigenvalue weighted by Gasteiger charge is 2.28. The normalized spacial score (nSPS) is 16.5. The molecule has 0 saturated carbocycles. The van der Waals surface area contributed by atoms with E-state index in [1.54, 1.807) is 0 Å². The van der Waals surface area contributed by atoms with Crippen molar-refractivity contribution in [3.63, 3.8) is 0 Å². The zero-order valence-corrected chi connectivity index (χ0v) is 15.2. The summed E-state index contributed by atoms with van der Waals surface area (Å²) >= 11 is 0. The molecule has 138 valence electrons. The average molecular weight is 362 g/mol. The van der Waals surface area contributed by atoms with E-state index in [4.69, 9.17) is 0 Å². The Balaban J connectivity index is 1.38. The van der Waals surface area contributed by atoms with E-state index in [9.17, 15) is 4.79 Å². The Bertz CT molecular complexity index is 974. The smallest absolute Gasteiger partial charge is 0.291 e. The third-order valence-corrected chi connectivity index (χ3v) is 5.60. The molecular weight excluding hydrogens is 340 g/mol. The van der Waals surface area contributed by atoms with Crippen LogP contribution in [-0.4, -0.2) is 48.9 Å². The van der Waals surface area contributed by atoms with E-state index >= 15 is 0 Å². The molecule has 0 unspecified atom stereocenters. The lowest BCUT2D eigenvalue weighted by Crippen LogP contribution is -2.35. The van der Waals surface area contributed by atoms with E-state index in [1.807, 2.05) is 27.7 Å². The summed E-state index contributed by atoms with van der Waals surface area (Å²) in [5.74, 6) is 1.44. The van der Waals surface area contributed by atoms with Crippen molar-refractivity contribution in [3.8, 4) is 11.3 Å². The Morgan fingerprint density at radius 1 is 0.963 bits per heavy atom. The predicted octanol–water partition coefficient (Wildman–Crippen LogP) is 2.25. The van der Waals surface area contributed by atoms with Gasteiger partial charge in [0.15, 0.2) is 0 Å². The van der Waals surface area contributed by atoms with Crippen molar-refractivity contribution in [2.45, 2.75) is 38.6 Å². The Labute approximate surface area is 157 Å². The van der Waals surface area contributed by atoms with Crippen molar-refractivity contribution >= 4 is 5.91 Å². The molecule has 4 heterocycles. The zero-order chi connectivity index (χ0) is 18.2. The molecule has 1 N–H and O–H groups in total. The Kier molecular flexibility index (Phi) is 3.99. The molecule has 2 aliphatic heterocycles. The monoisotopic (exact) mass is 362 g/mol. The molecule has 0 fully saturated rings. The number of aromatic nitrogens is 5. The largest absolute Gasteiger partial charge is 0.335 e. The fraction of sp³-hybridized carbons (Fsp3) is 0.400. The number of aromatic amines is 1. The lowest BCUT2D eigenvalue weighted by Gasteiger charge is -2.21. The van der Waals surface area contributed by atoms with Crippen molar-refractivity contribution in [2.75, 3.05) is 13.1 Å². The van der Waals surface area contributed by atoms with Gasteiger partial charge in [-0.1, -0.05) is 30.3 Å². The molecule has 0 spiro atoms. The number of nitrogens with one attached hydrogen (secondary N) is 1. The molecule has 0 bridgehead atoms. The fourth-order valence-electron chi connectivity index (χ4n) is 4.13. The number of rotatable bonds is 2. The van der Waals surface area contributed by atoms with Crippen LogP contribution in [0.25, 0.3) is 11.3 Å². The topological polar surface area (TPSA) is 79.7 Å². The van der Waals surface area contributed by atoms with Crippen LogP contribution in [0.3, 0.4) is 0 Å². The van der Waals surface area contributed by atoms with Crippen LogP contribution in [0, 0.1) is 0 Å². The van der Waals surface area contributed by atoms with Gasteiger partial charge in [-0.2, -0.15) is 5.10 Å². The second-order valence-corrected chi connectivity index (χ2v) is 7.24. The SMILES string of the molecule is O=C(c1nnc2n1CCCC2)N1CCc2[nH]nc(-c3ccccc3)c2CC1. The number of nitrogens with zero attached hydrogens (tertiary/aromatic N) is 5. The van der Waals surface area contributed by atoms with Crippen LogP contribution in [-0.2, 0) is 25.8 Å². The van der Waals surface area contributed by atoms with Gasteiger partial charge in [0.2, 0.25) is 5.82 Å². The number of carbonyl (C=O) groups excluding carboxylic acids is 1. The van der Waals surface area contributed by atoms with Gasteiger partial charge in [-0.3, -0.25) is 9.89 Å². The van der Waals surface area contributed by atoms with E-state index < -0.39 is 0 Å². The van der Waals surface area contributed by atoms with Crippen LogP contribution in [0.5, 0.6) is 0 Å². The maximum atomic E-state index is 13.1. The summed E-state index contributed by atoms with van der Waals surface area (Å²) in [4.78, 5) is 15.0. The second-order valence-electron chi connectivity index (χ2n) is 7.24. The molecule has 1 aromatic carbocycles. The molecule has 27 heavy (non-hydrogen) atoms. The molecule has 7 heteroatoms. The van der Waals surface area contributed by atoms with Gasteiger partial charge in [-0.25, -0.2) is 0 Å². The minimum atomic E-state index is -0.00461. The minimum Gasteiger partial charge on any atom is -0.335 e. The third kappa shape index (κ3) is 2.83. The molecule has 3 aromatic rings. The molecule has 0 radical (unpaired) electrons. The lowest BCUT2D eigenvalue weighted by molar-refractivity contribution is 0.0744. The summed E-state index contributed by atoms with van der Waals surface area (Å²) in [6, 6.07) is 10.2. The summed E-state index contributed by atoms with van der Waals surface area (Å²) in [6.07, 6.45) is 4.70. The second kappa shape index (κ2) is 6.64. The summed E-state index contributed by atoms with van der Waals surface area (Å²) in [5.41, 5.74) is 4.47. The summed E-state index contributed by atoms with van der Waals surface area (Å²) in [7, 11) is 0. The molecule has 0 aliphatic carbocycles. The van der Waals surface area contributed by atoms with Gasteiger partial charge in [0.1, 0.15) is 5.82 Å². The Morgan fingerprint density at radius 2 is 1.81 bits per heavy atom. The minimum absolute atomic E-state index is 0.00461. The van der Waals surface area contributed by atoms with Gasteiger partial charge in [0.05, 0.1) is 5.69 Å². The number of fused-ring (bicyclic) bond motifs is 2. The summed E-state index contributed by atoms with van der Waals surface area (Å²) in [5, 5.41) is 16.2. The highest BCUT2D eigenvalue weighted by Crippen LogP contribution is 2.27. The first-order valence-electron chi connectivity index (χ1n) is 9.64. The van der Waals surface area contributed by atoms with Crippen molar-refractivity contribution in [1.29, 1.82) is 0 Å². The van der Waals surface area contributed by atoms with Crippen LogP contribution >= 0.6 is 0 Å². The first-order chi connectivity index (χ1) is 13.3. The molecule has 2 aliphatic rings. The first kappa shape index (κ1) is 16.2. The number of hydrogen-bond acceptors (Lipinski definition) is 4. The van der Waals surface area contributed by atoms with Gasteiger partial charge in [-0.15, -0.1) is 10.2 Å². The van der Waals surface area contributed by atoms with Crippen LogP contribution in [0.2, 0.25) is 0 Å². The van der Waals surface area contributed by atoms with Crippen LogP contribution in [0.4, 0.5) is 0 Å². The molecule has 7 nitrogen and oxygen atoms in total. The number of aryl methyl sites for hydroxylation is 1. The number of carbonyl (C=O) groups is 1. The Hall–Kier alpha value is -2.96. The number of benzene rings is 1. The van der Waals surface area contributed by atoms with Crippen molar-refractivity contribution in [2.24, 2.45) is 0 Å². The van der Waals surface area contributed by atoms with E-state index in [0.717, 1.165) is 61.4 Å². The maximum absolute atomic E-state index is 13.1. The summed E-state index contributed by atoms with van der Waals surface area (Å²) < 4.78 is 2.01. The lowest BCUT2D eigenvalue weighted by atomic mass is 10.0. The Morgan fingerprint density at radius 3 is 2.70 bits per heavy atom. The van der Waals surface area contributed by atoms with Crippen LogP contribution in [0.1, 0.15) is 40.5 Å². The average Bonchev–Trinajstić information content (AvgIpc) is 3.27. The van der Waals surface area contributed by atoms with E-state index in [2.05, 4.69) is 32.5 Å². The van der Waals surface area contributed by atoms with Gasteiger partial charge in [-0.05, 0) is 19.3 Å². The zero-order valence-electron chi connectivity index (χ0n) is 15.2. The standard InChI is InChI=1S/C20H22N6O/c27-20(19-24-22-17-8-4-5-11-26(17)19)25-12-9-15-16(10-13-25)21-23-18(15)14-6-2-1-3-7-14/h1-3,6-7H,4-5,8-13H2,(H,21,23). The van der Waals surface area contributed by atoms with E-state index in [0.29, 0.717) is 18.9 Å². The van der Waals surface area contributed by atoms with Gasteiger partial charge < -0.3 is 9.47 Å². The number of amides is 1. The van der Waals surface area contributed by atoms with Crippen molar-refractivity contribution in [3.05, 3.63) is 53.2 Å². The quantitative estimate of drug-likeness (QED) is 0.758. The van der Waals surface area contributed by atoms with Gasteiger partial charge in [0, 0.05) is 49.3 Å². The van der Waals surface area contributed by atoms with E-state index in [1.165, 1.54) is 5.56 Å². The van der Waals surface area contributed by atoms with Crippen molar-refractivity contribution in [1.82, 2.24) is 29.9 Å². The van der Waals surface area contributed by atoms with E-state index in [-0.39, 0.29) is 5.91 Å².